The lowest BCUT2D eigenvalue weighted by molar-refractivity contribution is -0.133. The molecule has 1 saturated heterocycles. The van der Waals surface area contributed by atoms with Gasteiger partial charge in [-0.05, 0) is 38.5 Å². The molecule has 0 radical (unpaired) electrons. The van der Waals surface area contributed by atoms with Crippen molar-refractivity contribution in [2.75, 3.05) is 13.1 Å². The average molecular weight is 334 g/mol. The standard InChI is InChI=1S/C18H30N4O2/c1-3-22-17(19-20(2)18(22)24)15-9-11-21(12-10-15)16(23)13-14-7-5-4-6-8-14/h14-15H,3-13H2,1-2H3. The minimum atomic E-state index is -0.0386. The summed E-state index contributed by atoms with van der Waals surface area (Å²) < 4.78 is 3.20. The van der Waals surface area contributed by atoms with Gasteiger partial charge >= 0.3 is 5.69 Å². The average Bonchev–Trinajstić information content (AvgIpc) is 2.90. The summed E-state index contributed by atoms with van der Waals surface area (Å²) in [6.07, 6.45) is 8.90. The van der Waals surface area contributed by atoms with Crippen LogP contribution in [0.25, 0.3) is 0 Å². The molecule has 6 heteroatoms. The highest BCUT2D eigenvalue weighted by molar-refractivity contribution is 5.76. The molecule has 0 spiro atoms. The van der Waals surface area contributed by atoms with E-state index < -0.39 is 0 Å². The van der Waals surface area contributed by atoms with Gasteiger partial charge in [-0.3, -0.25) is 9.36 Å². The molecule has 0 atom stereocenters. The molecule has 0 N–H and O–H groups in total. The first kappa shape index (κ1) is 17.2. The Kier molecular flexibility index (Phi) is 5.41. The van der Waals surface area contributed by atoms with Crippen LogP contribution in [0.4, 0.5) is 0 Å². The van der Waals surface area contributed by atoms with Gasteiger partial charge in [0.2, 0.25) is 5.91 Å². The molecule has 2 heterocycles. The monoisotopic (exact) mass is 334 g/mol. The van der Waals surface area contributed by atoms with E-state index in [-0.39, 0.29) is 11.6 Å². The molecule has 0 aromatic carbocycles. The van der Waals surface area contributed by atoms with Crippen LogP contribution in [0, 0.1) is 5.92 Å². The summed E-state index contributed by atoms with van der Waals surface area (Å²) in [6, 6.07) is 0. The largest absolute Gasteiger partial charge is 0.345 e. The van der Waals surface area contributed by atoms with Crippen LogP contribution in [-0.4, -0.2) is 38.2 Å². The van der Waals surface area contributed by atoms with E-state index in [2.05, 4.69) is 5.10 Å². The van der Waals surface area contributed by atoms with E-state index in [1.165, 1.54) is 36.8 Å². The number of carbonyl (C=O) groups excluding carboxylic acids is 1. The lowest BCUT2D eigenvalue weighted by atomic mass is 9.86. The first-order chi connectivity index (χ1) is 11.6. The van der Waals surface area contributed by atoms with E-state index in [4.69, 9.17) is 0 Å². The van der Waals surface area contributed by atoms with Gasteiger partial charge in [-0.1, -0.05) is 19.3 Å². The lowest BCUT2D eigenvalue weighted by Gasteiger charge is -2.33. The molecule has 1 aromatic heterocycles. The SMILES string of the molecule is CCn1c(C2CCN(C(=O)CC3CCCCC3)CC2)nn(C)c1=O. The first-order valence-corrected chi connectivity index (χ1v) is 9.51. The number of aryl methyl sites for hydroxylation is 1. The van der Waals surface area contributed by atoms with Crippen molar-refractivity contribution in [3.63, 3.8) is 0 Å². The first-order valence-electron chi connectivity index (χ1n) is 9.51. The smallest absolute Gasteiger partial charge is 0.343 e. The minimum absolute atomic E-state index is 0.0386. The quantitative estimate of drug-likeness (QED) is 0.849. The molecule has 1 saturated carbocycles. The molecule has 6 nitrogen and oxygen atoms in total. The molecule has 1 amide bonds. The van der Waals surface area contributed by atoms with Crippen LogP contribution in [0.15, 0.2) is 4.79 Å². The topological polar surface area (TPSA) is 60.1 Å². The molecular formula is C18H30N4O2. The number of hydrogen-bond donors (Lipinski definition) is 0. The second-order valence-corrected chi connectivity index (χ2v) is 7.37. The Labute approximate surface area is 143 Å². The van der Waals surface area contributed by atoms with Gasteiger partial charge in [0.05, 0.1) is 0 Å². The third-order valence-corrected chi connectivity index (χ3v) is 5.75. The second kappa shape index (κ2) is 7.53. The van der Waals surface area contributed by atoms with Crippen LogP contribution >= 0.6 is 0 Å². The molecule has 2 aliphatic rings. The molecule has 134 valence electrons. The lowest BCUT2D eigenvalue weighted by Crippen LogP contribution is -2.39. The summed E-state index contributed by atoms with van der Waals surface area (Å²) in [7, 11) is 1.71. The number of carbonyl (C=O) groups is 1. The predicted octanol–water partition coefficient (Wildman–Crippen LogP) is 2.28. The number of hydrogen-bond acceptors (Lipinski definition) is 3. The zero-order valence-corrected chi connectivity index (χ0v) is 15.0. The minimum Gasteiger partial charge on any atom is -0.343 e. The highest BCUT2D eigenvalue weighted by atomic mass is 16.2. The fourth-order valence-corrected chi connectivity index (χ4v) is 4.28. The fourth-order valence-electron chi connectivity index (χ4n) is 4.28. The maximum Gasteiger partial charge on any atom is 0.345 e. The summed E-state index contributed by atoms with van der Waals surface area (Å²) in [5, 5.41) is 4.43. The van der Waals surface area contributed by atoms with Crippen molar-refractivity contribution < 1.29 is 4.79 Å². The van der Waals surface area contributed by atoms with Crippen molar-refractivity contribution in [3.05, 3.63) is 16.3 Å². The van der Waals surface area contributed by atoms with Gasteiger partial charge < -0.3 is 4.90 Å². The molecular weight excluding hydrogens is 304 g/mol. The van der Waals surface area contributed by atoms with Crippen LogP contribution in [-0.2, 0) is 18.4 Å². The summed E-state index contributed by atoms with van der Waals surface area (Å²) in [5.74, 6) is 2.11. The van der Waals surface area contributed by atoms with Crippen LogP contribution in [0.3, 0.4) is 0 Å². The zero-order valence-electron chi connectivity index (χ0n) is 15.0. The maximum atomic E-state index is 12.5. The predicted molar refractivity (Wildman–Crippen MR) is 92.9 cm³/mol. The third-order valence-electron chi connectivity index (χ3n) is 5.75. The van der Waals surface area contributed by atoms with E-state index in [0.717, 1.165) is 38.2 Å². The summed E-state index contributed by atoms with van der Waals surface area (Å²) in [6.45, 7) is 4.23. The molecule has 3 rings (SSSR count). The van der Waals surface area contributed by atoms with E-state index in [9.17, 15) is 9.59 Å². The molecule has 0 unspecified atom stereocenters. The number of amides is 1. The highest BCUT2D eigenvalue weighted by Gasteiger charge is 2.29. The molecule has 24 heavy (non-hydrogen) atoms. The second-order valence-electron chi connectivity index (χ2n) is 7.37. The Morgan fingerprint density at radius 1 is 1.12 bits per heavy atom. The van der Waals surface area contributed by atoms with Crippen molar-refractivity contribution in [3.8, 4) is 0 Å². The summed E-state index contributed by atoms with van der Waals surface area (Å²) in [5.41, 5.74) is -0.0386. The maximum absolute atomic E-state index is 12.5. The zero-order chi connectivity index (χ0) is 17.1. The van der Waals surface area contributed by atoms with Crippen molar-refractivity contribution in [1.29, 1.82) is 0 Å². The van der Waals surface area contributed by atoms with Gasteiger partial charge in [0.15, 0.2) is 0 Å². The number of nitrogens with zero attached hydrogens (tertiary/aromatic N) is 4. The van der Waals surface area contributed by atoms with Crippen molar-refractivity contribution in [2.45, 2.75) is 70.8 Å². The number of likely N-dealkylation sites (tertiary alicyclic amines) is 1. The van der Waals surface area contributed by atoms with Crippen molar-refractivity contribution in [2.24, 2.45) is 13.0 Å². The van der Waals surface area contributed by atoms with Gasteiger partial charge in [0.25, 0.3) is 0 Å². The van der Waals surface area contributed by atoms with Crippen LogP contribution in [0.1, 0.15) is 70.0 Å². The summed E-state index contributed by atoms with van der Waals surface area (Å²) >= 11 is 0. The molecule has 2 fully saturated rings. The van der Waals surface area contributed by atoms with Gasteiger partial charge in [-0.25, -0.2) is 9.48 Å². The summed E-state index contributed by atoms with van der Waals surface area (Å²) in [4.78, 5) is 26.6. The molecule has 0 bridgehead atoms. The van der Waals surface area contributed by atoms with Crippen LogP contribution in [0.2, 0.25) is 0 Å². The van der Waals surface area contributed by atoms with Gasteiger partial charge in [0, 0.05) is 39.0 Å². The Morgan fingerprint density at radius 3 is 2.42 bits per heavy atom. The highest BCUT2D eigenvalue weighted by Crippen LogP contribution is 2.29. The number of aromatic nitrogens is 3. The molecule has 1 aliphatic carbocycles. The Morgan fingerprint density at radius 2 is 1.79 bits per heavy atom. The molecule has 1 aliphatic heterocycles. The Balaban J connectivity index is 1.56. The van der Waals surface area contributed by atoms with Crippen molar-refractivity contribution in [1.82, 2.24) is 19.2 Å². The fraction of sp³-hybridized carbons (Fsp3) is 0.833. The molecule has 1 aromatic rings. The van der Waals surface area contributed by atoms with Crippen molar-refractivity contribution >= 4 is 5.91 Å². The van der Waals surface area contributed by atoms with E-state index >= 15 is 0 Å². The van der Waals surface area contributed by atoms with E-state index in [0.29, 0.717) is 18.4 Å². The van der Waals surface area contributed by atoms with E-state index in [1.807, 2.05) is 11.8 Å². The van der Waals surface area contributed by atoms with Crippen LogP contribution in [0.5, 0.6) is 0 Å². The normalized spacial score (nSPS) is 20.5. The number of piperidine rings is 1. The van der Waals surface area contributed by atoms with Gasteiger partial charge in [-0.2, -0.15) is 5.10 Å². The third kappa shape index (κ3) is 3.57. The Bertz CT molecular complexity index is 619. The van der Waals surface area contributed by atoms with E-state index in [1.54, 1.807) is 11.6 Å². The van der Waals surface area contributed by atoms with Gasteiger partial charge in [0.1, 0.15) is 5.82 Å². The Hall–Kier alpha value is -1.59. The van der Waals surface area contributed by atoms with Gasteiger partial charge in [-0.15, -0.1) is 0 Å². The van der Waals surface area contributed by atoms with Crippen LogP contribution < -0.4 is 5.69 Å². The number of rotatable bonds is 4.